The molecule has 0 spiro atoms. The first-order valence-corrected chi connectivity index (χ1v) is 17.7. The van der Waals surface area contributed by atoms with Gasteiger partial charge in [0.1, 0.15) is 0 Å². The largest absolute Gasteiger partial charge is 0.311 e. The second kappa shape index (κ2) is 13.9. The van der Waals surface area contributed by atoms with Gasteiger partial charge in [-0.2, -0.15) is 0 Å². The quantitative estimate of drug-likeness (QED) is 0.164. The molecule has 0 amide bonds. The third-order valence-corrected chi connectivity index (χ3v) is 9.62. The van der Waals surface area contributed by atoms with Gasteiger partial charge in [0.2, 0.25) is 0 Å². The second-order valence-electron chi connectivity index (χ2n) is 12.9. The average Bonchev–Trinajstić information content (AvgIpc) is 3.21. The highest BCUT2D eigenvalue weighted by atomic mass is 15.2. The van der Waals surface area contributed by atoms with Crippen molar-refractivity contribution >= 4 is 69.4 Å². The monoisotopic (exact) mass is 664 g/mol. The van der Waals surface area contributed by atoms with Crippen molar-refractivity contribution in [3.05, 3.63) is 212 Å². The number of fused-ring (bicyclic) bond motifs is 4. The van der Waals surface area contributed by atoms with E-state index >= 15 is 0 Å². The van der Waals surface area contributed by atoms with Crippen LogP contribution in [0.1, 0.15) is 0 Å². The number of anilines is 9. The summed E-state index contributed by atoms with van der Waals surface area (Å²) in [6, 6.07) is 75.8. The van der Waals surface area contributed by atoms with E-state index in [0.717, 1.165) is 62.1 Å². The summed E-state index contributed by atoms with van der Waals surface area (Å²) in [4.78, 5) is 7.09. The van der Waals surface area contributed by atoms with Crippen molar-refractivity contribution < 1.29 is 0 Å². The molecular formula is C48H35BN3. The van der Waals surface area contributed by atoms with Crippen LogP contribution in [0.3, 0.4) is 0 Å². The second-order valence-corrected chi connectivity index (χ2v) is 12.9. The first-order valence-electron chi connectivity index (χ1n) is 17.7. The summed E-state index contributed by atoms with van der Waals surface area (Å²) in [5.74, 6) is 0. The Bertz CT molecular complexity index is 2390. The van der Waals surface area contributed by atoms with Crippen LogP contribution in [0.4, 0.5) is 51.2 Å². The van der Waals surface area contributed by atoms with Crippen molar-refractivity contribution in [2.45, 2.75) is 0 Å². The van der Waals surface area contributed by atoms with E-state index < -0.39 is 0 Å². The van der Waals surface area contributed by atoms with Crippen LogP contribution in [-0.4, -0.2) is 7.28 Å². The van der Waals surface area contributed by atoms with Crippen molar-refractivity contribution in [3.8, 4) is 11.1 Å². The van der Waals surface area contributed by atoms with E-state index in [9.17, 15) is 0 Å². The van der Waals surface area contributed by atoms with Crippen molar-refractivity contribution in [3.63, 3.8) is 0 Å². The lowest BCUT2D eigenvalue weighted by Crippen LogP contribution is -2.35. The number of benzene rings is 8. The number of para-hydroxylation sites is 4. The van der Waals surface area contributed by atoms with Crippen LogP contribution < -0.4 is 25.6 Å². The summed E-state index contributed by atoms with van der Waals surface area (Å²) in [7, 11) is 2.33. The number of rotatable bonds is 6. The van der Waals surface area contributed by atoms with Gasteiger partial charge >= 0.3 is 0 Å². The first kappa shape index (κ1) is 31.2. The molecule has 1 aliphatic rings. The topological polar surface area (TPSA) is 9.72 Å². The van der Waals surface area contributed by atoms with Crippen LogP contribution in [0.15, 0.2) is 212 Å². The lowest BCUT2D eigenvalue weighted by molar-refractivity contribution is 1.24. The van der Waals surface area contributed by atoms with Crippen LogP contribution in [-0.2, 0) is 0 Å². The molecule has 3 nitrogen and oxygen atoms in total. The number of hydrogen-bond donors (Lipinski definition) is 0. The third-order valence-electron chi connectivity index (χ3n) is 9.62. The minimum atomic E-state index is 1.07. The first-order chi connectivity index (χ1) is 25.8. The minimum Gasteiger partial charge on any atom is -0.311 e. The highest BCUT2D eigenvalue weighted by molar-refractivity contribution is 6.70. The van der Waals surface area contributed by atoms with Crippen LogP contribution >= 0.6 is 0 Å². The predicted molar refractivity (Wildman–Crippen MR) is 221 cm³/mol. The zero-order valence-corrected chi connectivity index (χ0v) is 28.6. The van der Waals surface area contributed by atoms with Gasteiger partial charge in [0.15, 0.2) is 7.28 Å². The van der Waals surface area contributed by atoms with E-state index in [2.05, 4.69) is 234 Å². The lowest BCUT2D eigenvalue weighted by Gasteiger charge is -2.34. The van der Waals surface area contributed by atoms with E-state index in [4.69, 9.17) is 0 Å². The highest BCUT2D eigenvalue weighted by Gasteiger charge is 2.25. The molecule has 0 atom stereocenters. The van der Waals surface area contributed by atoms with Gasteiger partial charge in [-0.05, 0) is 96.1 Å². The molecule has 8 aromatic rings. The lowest BCUT2D eigenvalue weighted by atomic mass is 9.62. The number of hydrogen-bond acceptors (Lipinski definition) is 3. The third kappa shape index (κ3) is 6.01. The summed E-state index contributed by atoms with van der Waals surface area (Å²) < 4.78 is 0. The van der Waals surface area contributed by atoms with Crippen LogP contribution in [0.5, 0.6) is 0 Å². The van der Waals surface area contributed by atoms with Gasteiger partial charge in [0.05, 0.1) is 0 Å². The molecule has 0 saturated heterocycles. The summed E-state index contributed by atoms with van der Waals surface area (Å²) in [6.07, 6.45) is 0. The van der Waals surface area contributed by atoms with Gasteiger partial charge in [0, 0.05) is 51.2 Å². The summed E-state index contributed by atoms with van der Waals surface area (Å²) in [5.41, 5.74) is 14.5. The van der Waals surface area contributed by atoms with E-state index in [1.165, 1.54) is 11.1 Å². The summed E-state index contributed by atoms with van der Waals surface area (Å²) >= 11 is 0. The molecule has 9 rings (SSSR count). The maximum atomic E-state index is 2.40. The molecule has 1 aliphatic heterocycles. The maximum absolute atomic E-state index is 2.40. The van der Waals surface area contributed by atoms with E-state index in [1.807, 2.05) is 0 Å². The van der Waals surface area contributed by atoms with Crippen molar-refractivity contribution in [2.75, 3.05) is 14.7 Å². The Morgan fingerprint density at radius 1 is 0.308 bits per heavy atom. The Kier molecular flexibility index (Phi) is 8.32. The zero-order valence-electron chi connectivity index (χ0n) is 28.6. The summed E-state index contributed by atoms with van der Waals surface area (Å²) in [6.45, 7) is 0. The highest BCUT2D eigenvalue weighted by Crippen LogP contribution is 2.43. The van der Waals surface area contributed by atoms with Gasteiger partial charge in [-0.3, -0.25) is 0 Å². The van der Waals surface area contributed by atoms with Gasteiger partial charge in [-0.25, -0.2) is 0 Å². The standard InChI is InChI=1S/C48H35BN3/c1-5-16-36(17-6-1)37-28-30-41(31-29-37)52-43-25-15-24-42(34-43)51(40-22-11-4-12-23-40)47-27-14-13-26-45(47)49-46-33-32-44(35-48(46)52)50(38-18-7-2-8-19-38)39-20-9-3-10-21-39/h1-35H. The SMILES string of the molecule is [B]1c2ccccc2N(c2ccccc2)c2cccc(c2)N(c2ccc(-c3ccccc3)cc2)c2cc(N(c3ccccc3)c3ccccc3)ccc21. The average molecular weight is 665 g/mol. The molecule has 0 unspecified atom stereocenters. The summed E-state index contributed by atoms with van der Waals surface area (Å²) in [5, 5.41) is 0. The molecule has 8 aromatic carbocycles. The molecule has 0 aliphatic carbocycles. The Labute approximate surface area is 306 Å². The van der Waals surface area contributed by atoms with E-state index in [0.29, 0.717) is 0 Å². The van der Waals surface area contributed by atoms with Crippen LogP contribution in [0.25, 0.3) is 11.1 Å². The Morgan fingerprint density at radius 2 is 0.788 bits per heavy atom. The van der Waals surface area contributed by atoms with E-state index in [-0.39, 0.29) is 0 Å². The van der Waals surface area contributed by atoms with E-state index in [1.54, 1.807) is 0 Å². The smallest absolute Gasteiger partial charge is 0.197 e. The molecule has 0 fully saturated rings. The molecule has 1 radical (unpaired) electrons. The molecule has 245 valence electrons. The van der Waals surface area contributed by atoms with Crippen LogP contribution in [0, 0.1) is 0 Å². The fourth-order valence-corrected chi connectivity index (χ4v) is 7.21. The maximum Gasteiger partial charge on any atom is 0.197 e. The van der Waals surface area contributed by atoms with Gasteiger partial charge in [0.25, 0.3) is 0 Å². The van der Waals surface area contributed by atoms with Crippen molar-refractivity contribution in [2.24, 2.45) is 0 Å². The van der Waals surface area contributed by atoms with Gasteiger partial charge in [-0.15, -0.1) is 0 Å². The fraction of sp³-hybridized carbons (Fsp3) is 0. The molecule has 2 bridgehead atoms. The molecule has 0 N–H and O–H groups in total. The van der Waals surface area contributed by atoms with Gasteiger partial charge in [-0.1, -0.05) is 138 Å². The number of nitrogens with zero attached hydrogens (tertiary/aromatic N) is 3. The fourth-order valence-electron chi connectivity index (χ4n) is 7.21. The predicted octanol–water partition coefficient (Wildman–Crippen LogP) is 11.7. The Balaban J connectivity index is 1.29. The molecule has 52 heavy (non-hydrogen) atoms. The normalized spacial score (nSPS) is 11.9. The van der Waals surface area contributed by atoms with Crippen molar-refractivity contribution in [1.29, 1.82) is 0 Å². The van der Waals surface area contributed by atoms with Gasteiger partial charge < -0.3 is 14.7 Å². The van der Waals surface area contributed by atoms with Crippen LogP contribution in [0.2, 0.25) is 0 Å². The Hall–Kier alpha value is -6.78. The molecule has 1 heterocycles. The van der Waals surface area contributed by atoms with Crippen molar-refractivity contribution in [1.82, 2.24) is 0 Å². The molecule has 4 heteroatoms. The minimum absolute atomic E-state index is 1.07. The molecule has 0 saturated carbocycles. The zero-order chi connectivity index (χ0) is 34.7. The molecular weight excluding hydrogens is 629 g/mol. The molecule has 0 aromatic heterocycles. The Morgan fingerprint density at radius 3 is 1.44 bits per heavy atom.